The average Bonchev–Trinajstić information content (AvgIpc) is 1.63. The fraction of sp³-hybridized carbons (Fsp3) is 0.714. The number of nitrogens with two attached hydrogens (primary N) is 1. The van der Waals surface area contributed by atoms with E-state index in [1.165, 1.54) is 5.70 Å². The summed E-state index contributed by atoms with van der Waals surface area (Å²) in [6.07, 6.45) is 2.03. The molecule has 2 heteroatoms. The lowest BCUT2D eigenvalue weighted by Gasteiger charge is -2.13. The van der Waals surface area contributed by atoms with E-state index in [0.717, 1.165) is 0 Å². The second-order valence-corrected chi connectivity index (χ2v) is 2.56. The maximum atomic E-state index is 5.53. The van der Waals surface area contributed by atoms with Gasteiger partial charge in [-0.2, -0.15) is 0 Å². The first kappa shape index (κ1) is 8.50. The number of allylic oxidation sites excluding steroid dienone is 1. The summed E-state index contributed by atoms with van der Waals surface area (Å²) >= 11 is 0. The smallest absolute Gasteiger partial charge is 0.0214 e. The molecule has 1 atom stereocenters. The lowest BCUT2D eigenvalue weighted by molar-refractivity contribution is 0.509. The molecule has 0 amide bonds. The Hall–Kier alpha value is -0.500. The van der Waals surface area contributed by atoms with Crippen LogP contribution in [0.5, 0.6) is 0 Å². The van der Waals surface area contributed by atoms with Crippen LogP contribution in [0.1, 0.15) is 13.8 Å². The first-order valence-corrected chi connectivity index (χ1v) is 3.15. The van der Waals surface area contributed by atoms with Crippen LogP contribution in [0, 0.1) is 0 Å². The van der Waals surface area contributed by atoms with Crippen molar-refractivity contribution in [3.8, 4) is 0 Å². The first-order chi connectivity index (χ1) is 4.04. The minimum Gasteiger partial charge on any atom is -0.381 e. The summed E-state index contributed by atoms with van der Waals surface area (Å²) in [5, 5.41) is 0. The molecule has 0 aliphatic heterocycles. The monoisotopic (exact) mass is 128 g/mol. The third-order valence-electron chi connectivity index (χ3n) is 1.21. The topological polar surface area (TPSA) is 29.3 Å². The van der Waals surface area contributed by atoms with Crippen LogP contribution in [-0.2, 0) is 0 Å². The summed E-state index contributed by atoms with van der Waals surface area (Å²) in [7, 11) is 4.02. The fourth-order valence-corrected chi connectivity index (χ4v) is 0.530. The van der Waals surface area contributed by atoms with Crippen LogP contribution >= 0.6 is 0 Å². The molecule has 0 spiro atoms. The molecule has 1 unspecified atom stereocenters. The van der Waals surface area contributed by atoms with Gasteiger partial charge < -0.3 is 10.6 Å². The van der Waals surface area contributed by atoms with Gasteiger partial charge in [0.25, 0.3) is 0 Å². The fourth-order valence-electron chi connectivity index (χ4n) is 0.530. The number of hydrogen-bond donors (Lipinski definition) is 1. The summed E-state index contributed by atoms with van der Waals surface area (Å²) in [5.41, 5.74) is 6.74. The van der Waals surface area contributed by atoms with Crippen molar-refractivity contribution < 1.29 is 0 Å². The summed E-state index contributed by atoms with van der Waals surface area (Å²) in [4.78, 5) is 2.04. The van der Waals surface area contributed by atoms with Crippen molar-refractivity contribution in [1.29, 1.82) is 0 Å². The van der Waals surface area contributed by atoms with Crippen molar-refractivity contribution in [3.63, 3.8) is 0 Å². The highest BCUT2D eigenvalue weighted by Crippen LogP contribution is 1.96. The van der Waals surface area contributed by atoms with Crippen LogP contribution < -0.4 is 5.73 Å². The molecule has 0 rings (SSSR count). The van der Waals surface area contributed by atoms with E-state index in [4.69, 9.17) is 5.73 Å². The minimum absolute atomic E-state index is 0.160. The van der Waals surface area contributed by atoms with E-state index in [1.807, 2.05) is 38.9 Å². The maximum absolute atomic E-state index is 5.53. The summed E-state index contributed by atoms with van der Waals surface area (Å²) in [6.45, 7) is 4.01. The van der Waals surface area contributed by atoms with Crippen molar-refractivity contribution >= 4 is 0 Å². The molecule has 0 radical (unpaired) electrons. The predicted molar refractivity (Wildman–Crippen MR) is 41.1 cm³/mol. The van der Waals surface area contributed by atoms with E-state index < -0.39 is 0 Å². The van der Waals surface area contributed by atoms with E-state index in [9.17, 15) is 0 Å². The quantitative estimate of drug-likeness (QED) is 0.596. The average molecular weight is 128 g/mol. The van der Waals surface area contributed by atoms with Gasteiger partial charge in [0.1, 0.15) is 0 Å². The second-order valence-electron chi connectivity index (χ2n) is 2.56. The second kappa shape index (κ2) is 3.51. The molecule has 0 aromatic heterocycles. The van der Waals surface area contributed by atoms with Crippen molar-refractivity contribution in [2.24, 2.45) is 5.73 Å². The van der Waals surface area contributed by atoms with E-state index in [-0.39, 0.29) is 6.04 Å². The molecule has 0 aromatic carbocycles. The van der Waals surface area contributed by atoms with Crippen molar-refractivity contribution in [2.45, 2.75) is 19.9 Å². The molecule has 9 heavy (non-hydrogen) atoms. The van der Waals surface area contributed by atoms with Gasteiger partial charge in [-0.25, -0.2) is 0 Å². The summed E-state index contributed by atoms with van der Waals surface area (Å²) in [6, 6.07) is 0.160. The lowest BCUT2D eigenvalue weighted by Crippen LogP contribution is -2.16. The Balaban J connectivity index is 3.84. The number of rotatable bonds is 2. The highest BCUT2D eigenvalue weighted by molar-refractivity contribution is 4.99. The molecule has 0 saturated carbocycles. The van der Waals surface area contributed by atoms with Gasteiger partial charge in [-0.15, -0.1) is 0 Å². The van der Waals surface area contributed by atoms with Crippen LogP contribution in [0.2, 0.25) is 0 Å². The number of hydrogen-bond acceptors (Lipinski definition) is 2. The Morgan fingerprint density at radius 3 is 2.11 bits per heavy atom. The maximum Gasteiger partial charge on any atom is 0.0214 e. The molecule has 0 saturated heterocycles. The van der Waals surface area contributed by atoms with Crippen molar-refractivity contribution in [3.05, 3.63) is 11.8 Å². The molecular weight excluding hydrogens is 112 g/mol. The van der Waals surface area contributed by atoms with E-state index in [0.29, 0.717) is 0 Å². The zero-order valence-electron chi connectivity index (χ0n) is 6.68. The van der Waals surface area contributed by atoms with Gasteiger partial charge in [-0.1, -0.05) is 0 Å². The van der Waals surface area contributed by atoms with Gasteiger partial charge in [0.05, 0.1) is 0 Å². The van der Waals surface area contributed by atoms with Gasteiger partial charge in [-0.05, 0) is 19.9 Å². The molecule has 0 aliphatic rings. The first-order valence-electron chi connectivity index (χ1n) is 3.15. The molecule has 0 aromatic rings. The Morgan fingerprint density at radius 2 is 2.00 bits per heavy atom. The highest BCUT2D eigenvalue weighted by Gasteiger charge is 1.91. The van der Waals surface area contributed by atoms with Crippen molar-refractivity contribution in [1.82, 2.24) is 4.90 Å². The lowest BCUT2D eigenvalue weighted by atomic mass is 10.3. The predicted octanol–water partition coefficient (Wildman–Crippen LogP) is 0.799. The van der Waals surface area contributed by atoms with Crippen LogP contribution in [0.3, 0.4) is 0 Å². The SMILES string of the molecule is C/C(=C\C(C)N)N(C)C. The van der Waals surface area contributed by atoms with E-state index in [2.05, 4.69) is 0 Å². The van der Waals surface area contributed by atoms with Crippen LogP contribution in [0.15, 0.2) is 11.8 Å². The molecule has 2 N–H and O–H groups in total. The Morgan fingerprint density at radius 1 is 1.56 bits per heavy atom. The van der Waals surface area contributed by atoms with Gasteiger partial charge in [0.15, 0.2) is 0 Å². The third kappa shape index (κ3) is 4.03. The minimum atomic E-state index is 0.160. The molecule has 54 valence electrons. The Labute approximate surface area is 57.3 Å². The normalized spacial score (nSPS) is 15.4. The van der Waals surface area contributed by atoms with Crippen LogP contribution in [0.25, 0.3) is 0 Å². The molecule has 0 bridgehead atoms. The largest absolute Gasteiger partial charge is 0.381 e. The van der Waals surface area contributed by atoms with Gasteiger partial charge in [0, 0.05) is 25.8 Å². The Bertz CT molecular complexity index is 103. The van der Waals surface area contributed by atoms with E-state index in [1.54, 1.807) is 0 Å². The summed E-state index contributed by atoms with van der Waals surface area (Å²) < 4.78 is 0. The molecule has 0 heterocycles. The molecule has 0 aliphatic carbocycles. The zero-order chi connectivity index (χ0) is 7.44. The Kier molecular flexibility index (Phi) is 3.32. The van der Waals surface area contributed by atoms with Crippen LogP contribution in [-0.4, -0.2) is 25.0 Å². The van der Waals surface area contributed by atoms with E-state index >= 15 is 0 Å². The molecule has 2 nitrogen and oxygen atoms in total. The standard InChI is InChI=1S/C7H16N2/c1-6(8)5-7(2)9(3)4/h5-6H,8H2,1-4H3/b7-5+. The van der Waals surface area contributed by atoms with Crippen molar-refractivity contribution in [2.75, 3.05) is 14.1 Å². The van der Waals surface area contributed by atoms with Gasteiger partial charge >= 0.3 is 0 Å². The zero-order valence-corrected chi connectivity index (χ0v) is 6.68. The van der Waals surface area contributed by atoms with Gasteiger partial charge in [-0.3, -0.25) is 0 Å². The number of nitrogens with zero attached hydrogens (tertiary/aromatic N) is 1. The summed E-state index contributed by atoms with van der Waals surface area (Å²) in [5.74, 6) is 0. The molecular formula is C7H16N2. The van der Waals surface area contributed by atoms with Crippen LogP contribution in [0.4, 0.5) is 0 Å². The molecule has 0 fully saturated rings. The highest BCUT2D eigenvalue weighted by atomic mass is 15.1. The third-order valence-corrected chi connectivity index (χ3v) is 1.21. The van der Waals surface area contributed by atoms with Gasteiger partial charge in [0.2, 0.25) is 0 Å².